The van der Waals surface area contributed by atoms with Gasteiger partial charge in [-0.05, 0) is 33.9 Å². The van der Waals surface area contributed by atoms with Crippen LogP contribution < -0.4 is 0 Å². The average Bonchev–Trinajstić information content (AvgIpc) is 3.18. The van der Waals surface area contributed by atoms with Crippen LogP contribution in [0.1, 0.15) is 0 Å². The molecule has 0 saturated carbocycles. The summed E-state index contributed by atoms with van der Waals surface area (Å²) < 4.78 is 2.40. The largest absolute Gasteiger partial charge is 0.277 e. The molecule has 0 aliphatic heterocycles. The van der Waals surface area contributed by atoms with Crippen LogP contribution >= 0.6 is 11.3 Å². The standard InChI is InChI=1S/C26H15NO2S/c28-27(29)23-12-6-5-7-17(23)16-13-14-22-24(15-16)30-26-21-11-4-2-9-19(21)18-8-1-3-10-20(18)25(22)26/h1-15H. The molecule has 0 amide bonds. The van der Waals surface area contributed by atoms with E-state index < -0.39 is 0 Å². The molecule has 6 rings (SSSR count). The Morgan fingerprint density at radius 1 is 0.667 bits per heavy atom. The fraction of sp³-hybridized carbons (Fsp3) is 0. The maximum absolute atomic E-state index is 11.5. The summed E-state index contributed by atoms with van der Waals surface area (Å²) >= 11 is 1.76. The zero-order valence-electron chi connectivity index (χ0n) is 15.8. The molecule has 6 aromatic rings. The van der Waals surface area contributed by atoms with Gasteiger partial charge in [0.15, 0.2) is 0 Å². The number of thiophene rings is 1. The lowest BCUT2D eigenvalue weighted by Gasteiger charge is -2.07. The summed E-state index contributed by atoms with van der Waals surface area (Å²) in [4.78, 5) is 11.2. The molecule has 1 heterocycles. The predicted molar refractivity (Wildman–Crippen MR) is 126 cm³/mol. The fourth-order valence-electron chi connectivity index (χ4n) is 4.45. The van der Waals surface area contributed by atoms with E-state index in [1.165, 1.54) is 37.0 Å². The zero-order valence-corrected chi connectivity index (χ0v) is 16.6. The number of nitro groups is 1. The van der Waals surface area contributed by atoms with E-state index in [1.54, 1.807) is 23.5 Å². The third-order valence-electron chi connectivity index (χ3n) is 5.76. The number of para-hydroxylation sites is 1. The van der Waals surface area contributed by atoms with Crippen molar-refractivity contribution in [3.05, 3.63) is 101 Å². The highest BCUT2D eigenvalue weighted by Gasteiger charge is 2.17. The second kappa shape index (κ2) is 6.37. The summed E-state index contributed by atoms with van der Waals surface area (Å²) in [6, 6.07) is 30.2. The summed E-state index contributed by atoms with van der Waals surface area (Å²) in [7, 11) is 0. The first-order valence-corrected chi connectivity index (χ1v) is 10.5. The molecule has 0 unspecified atom stereocenters. The molecule has 4 heteroatoms. The van der Waals surface area contributed by atoms with Crippen molar-refractivity contribution in [3.8, 4) is 11.1 Å². The van der Waals surface area contributed by atoms with Crippen LogP contribution in [0.4, 0.5) is 5.69 Å². The van der Waals surface area contributed by atoms with Gasteiger partial charge in [0.2, 0.25) is 0 Å². The summed E-state index contributed by atoms with van der Waals surface area (Å²) in [5, 5.41) is 19.0. The fourth-order valence-corrected chi connectivity index (χ4v) is 5.75. The van der Waals surface area contributed by atoms with Crippen molar-refractivity contribution in [3.63, 3.8) is 0 Å². The second-order valence-corrected chi connectivity index (χ2v) is 8.43. The molecule has 0 bridgehead atoms. The van der Waals surface area contributed by atoms with Gasteiger partial charge in [0, 0.05) is 31.6 Å². The van der Waals surface area contributed by atoms with Gasteiger partial charge < -0.3 is 0 Å². The van der Waals surface area contributed by atoms with E-state index in [0.29, 0.717) is 5.56 Å². The SMILES string of the molecule is O=[N+]([O-])c1ccccc1-c1ccc2c(c1)sc1c3ccccc3c3ccccc3c21. The van der Waals surface area contributed by atoms with Crippen molar-refractivity contribution in [2.45, 2.75) is 0 Å². The van der Waals surface area contributed by atoms with Crippen molar-refractivity contribution in [1.82, 2.24) is 0 Å². The first-order chi connectivity index (χ1) is 14.7. The molecule has 1 aromatic heterocycles. The number of benzene rings is 5. The van der Waals surface area contributed by atoms with E-state index in [-0.39, 0.29) is 10.6 Å². The molecule has 0 fully saturated rings. The minimum absolute atomic E-state index is 0.133. The lowest BCUT2D eigenvalue weighted by atomic mass is 9.96. The Morgan fingerprint density at radius 2 is 1.30 bits per heavy atom. The Hall–Kier alpha value is -3.76. The maximum Gasteiger partial charge on any atom is 0.277 e. The van der Waals surface area contributed by atoms with Gasteiger partial charge in [-0.25, -0.2) is 0 Å². The number of rotatable bonds is 2. The minimum atomic E-state index is -0.314. The molecule has 0 aliphatic rings. The molecule has 0 atom stereocenters. The van der Waals surface area contributed by atoms with E-state index in [0.717, 1.165) is 10.3 Å². The molecule has 0 saturated heterocycles. The number of nitrogens with zero attached hydrogens (tertiary/aromatic N) is 1. The predicted octanol–water partition coefficient (Wildman–Crippen LogP) is 7.94. The quantitative estimate of drug-likeness (QED) is 0.167. The summed E-state index contributed by atoms with van der Waals surface area (Å²) in [6.07, 6.45) is 0. The van der Waals surface area contributed by atoms with Crippen LogP contribution in [-0.2, 0) is 0 Å². The van der Waals surface area contributed by atoms with Crippen LogP contribution in [0.15, 0.2) is 91.0 Å². The molecule has 0 spiro atoms. The van der Waals surface area contributed by atoms with Crippen LogP contribution in [-0.4, -0.2) is 4.92 Å². The van der Waals surface area contributed by atoms with Crippen LogP contribution in [0.25, 0.3) is 52.8 Å². The van der Waals surface area contributed by atoms with Crippen LogP contribution in [0, 0.1) is 10.1 Å². The van der Waals surface area contributed by atoms with Gasteiger partial charge >= 0.3 is 0 Å². The van der Waals surface area contributed by atoms with Crippen LogP contribution in [0.5, 0.6) is 0 Å². The lowest BCUT2D eigenvalue weighted by Crippen LogP contribution is -1.91. The van der Waals surface area contributed by atoms with Gasteiger partial charge in [0.1, 0.15) is 0 Å². The minimum Gasteiger partial charge on any atom is -0.258 e. The van der Waals surface area contributed by atoms with E-state index in [9.17, 15) is 10.1 Å². The normalized spacial score (nSPS) is 11.6. The molecule has 5 aromatic carbocycles. The second-order valence-electron chi connectivity index (χ2n) is 7.38. The zero-order chi connectivity index (χ0) is 20.2. The highest BCUT2D eigenvalue weighted by Crippen LogP contribution is 2.45. The number of hydrogen-bond acceptors (Lipinski definition) is 3. The van der Waals surface area contributed by atoms with Crippen LogP contribution in [0.2, 0.25) is 0 Å². The van der Waals surface area contributed by atoms with Gasteiger partial charge in [-0.15, -0.1) is 11.3 Å². The Bertz CT molecular complexity index is 1630. The van der Waals surface area contributed by atoms with Gasteiger partial charge in [-0.2, -0.15) is 0 Å². The van der Waals surface area contributed by atoms with Crippen molar-refractivity contribution >= 4 is 58.7 Å². The molecule has 142 valence electrons. The van der Waals surface area contributed by atoms with Crippen LogP contribution in [0.3, 0.4) is 0 Å². The number of fused-ring (bicyclic) bond motifs is 8. The monoisotopic (exact) mass is 405 g/mol. The van der Waals surface area contributed by atoms with Crippen molar-refractivity contribution in [2.24, 2.45) is 0 Å². The smallest absolute Gasteiger partial charge is 0.258 e. The average molecular weight is 405 g/mol. The Balaban J connectivity index is 1.74. The Labute approximate surface area is 176 Å². The third kappa shape index (κ3) is 2.38. The topological polar surface area (TPSA) is 43.1 Å². The number of nitro benzene ring substituents is 1. The third-order valence-corrected chi connectivity index (χ3v) is 6.95. The molecular weight excluding hydrogens is 390 g/mol. The van der Waals surface area contributed by atoms with Gasteiger partial charge in [-0.3, -0.25) is 10.1 Å². The highest BCUT2D eigenvalue weighted by molar-refractivity contribution is 7.27. The summed E-state index contributed by atoms with van der Waals surface area (Å²) in [5.74, 6) is 0. The summed E-state index contributed by atoms with van der Waals surface area (Å²) in [6.45, 7) is 0. The lowest BCUT2D eigenvalue weighted by molar-refractivity contribution is -0.384. The Morgan fingerprint density at radius 3 is 2.07 bits per heavy atom. The molecule has 0 N–H and O–H groups in total. The maximum atomic E-state index is 11.5. The molecule has 0 radical (unpaired) electrons. The first kappa shape index (κ1) is 17.1. The van der Waals surface area contributed by atoms with Gasteiger partial charge in [0.05, 0.1) is 10.5 Å². The highest BCUT2D eigenvalue weighted by atomic mass is 32.1. The van der Waals surface area contributed by atoms with E-state index >= 15 is 0 Å². The molecule has 0 aliphatic carbocycles. The van der Waals surface area contributed by atoms with E-state index in [4.69, 9.17) is 0 Å². The van der Waals surface area contributed by atoms with Crippen molar-refractivity contribution < 1.29 is 4.92 Å². The number of hydrogen-bond donors (Lipinski definition) is 0. The van der Waals surface area contributed by atoms with Crippen molar-refractivity contribution in [2.75, 3.05) is 0 Å². The van der Waals surface area contributed by atoms with Crippen molar-refractivity contribution in [1.29, 1.82) is 0 Å². The van der Waals surface area contributed by atoms with Gasteiger partial charge in [-0.1, -0.05) is 72.8 Å². The molecule has 3 nitrogen and oxygen atoms in total. The summed E-state index contributed by atoms with van der Waals surface area (Å²) in [5.41, 5.74) is 1.65. The van der Waals surface area contributed by atoms with E-state index in [1.807, 2.05) is 18.2 Å². The van der Waals surface area contributed by atoms with E-state index in [2.05, 4.69) is 60.7 Å². The molecular formula is C26H15NO2S. The van der Waals surface area contributed by atoms with Gasteiger partial charge in [0.25, 0.3) is 5.69 Å². The molecule has 30 heavy (non-hydrogen) atoms. The first-order valence-electron chi connectivity index (χ1n) is 9.72. The Kier molecular flexibility index (Phi) is 3.64.